The third-order valence-corrected chi connectivity index (χ3v) is 5.93. The zero-order chi connectivity index (χ0) is 21.4. The van der Waals surface area contributed by atoms with Crippen LogP contribution in [0.2, 0.25) is 0 Å². The number of anilines is 1. The second kappa shape index (κ2) is 10.3. The Morgan fingerprint density at radius 2 is 1.66 bits per heavy atom. The van der Waals surface area contributed by atoms with Crippen LogP contribution in [0.3, 0.4) is 0 Å². The number of Topliss-reactive ketones (excluding diaryl/α,β-unsaturated/α-hetero) is 1. The number of hydrogen-bond acceptors (Lipinski definition) is 5. The summed E-state index contributed by atoms with van der Waals surface area (Å²) in [7, 11) is -2.14. The molecule has 0 aliphatic rings. The predicted octanol–water partition coefficient (Wildman–Crippen LogP) is 2.83. The Balaban J connectivity index is 1.89. The van der Waals surface area contributed by atoms with Crippen LogP contribution >= 0.6 is 0 Å². The van der Waals surface area contributed by atoms with Gasteiger partial charge in [-0.3, -0.25) is 9.59 Å². The highest BCUT2D eigenvalue weighted by molar-refractivity contribution is 7.89. The molecule has 0 aliphatic carbocycles. The summed E-state index contributed by atoms with van der Waals surface area (Å²) in [5.74, 6) is -0.400. The van der Waals surface area contributed by atoms with Gasteiger partial charge >= 0.3 is 0 Å². The maximum Gasteiger partial charge on any atom is 0.240 e. The molecule has 1 amide bonds. The molecule has 2 rings (SSSR count). The van der Waals surface area contributed by atoms with Crippen molar-refractivity contribution < 1.29 is 22.7 Å². The molecule has 7 nitrogen and oxygen atoms in total. The van der Waals surface area contributed by atoms with E-state index in [0.29, 0.717) is 11.3 Å². The Bertz CT molecular complexity index is 969. The minimum absolute atomic E-state index is 0.0460. The average Bonchev–Trinajstić information content (AvgIpc) is 2.69. The number of carbonyl (C=O) groups excluding carboxylic acids is 2. The maximum atomic E-state index is 12.3. The van der Waals surface area contributed by atoms with Gasteiger partial charge in [-0.05, 0) is 55.3 Å². The highest BCUT2D eigenvalue weighted by Crippen LogP contribution is 2.15. The van der Waals surface area contributed by atoms with Gasteiger partial charge in [0.1, 0.15) is 0 Å². The molecule has 0 spiro atoms. The molecular formula is C21H26N2O5S. The lowest BCUT2D eigenvalue weighted by Crippen LogP contribution is -2.27. The van der Waals surface area contributed by atoms with Crippen molar-refractivity contribution >= 4 is 27.4 Å². The van der Waals surface area contributed by atoms with E-state index in [1.807, 2.05) is 26.0 Å². The molecular weight excluding hydrogens is 392 g/mol. The average molecular weight is 419 g/mol. The first-order chi connectivity index (χ1) is 13.7. The van der Waals surface area contributed by atoms with E-state index in [1.54, 1.807) is 6.07 Å². The number of nitrogens with one attached hydrogen (secondary N) is 2. The van der Waals surface area contributed by atoms with Gasteiger partial charge in [-0.15, -0.1) is 0 Å². The molecule has 0 radical (unpaired) electrons. The number of sulfonamides is 1. The maximum absolute atomic E-state index is 12.3. The Morgan fingerprint density at radius 3 is 2.28 bits per heavy atom. The van der Waals surface area contributed by atoms with E-state index in [0.717, 1.165) is 11.1 Å². The second-order valence-corrected chi connectivity index (χ2v) is 8.45. The summed E-state index contributed by atoms with van der Waals surface area (Å²) in [5.41, 5.74) is 3.20. The first-order valence-corrected chi connectivity index (χ1v) is 10.7. The van der Waals surface area contributed by atoms with Crippen molar-refractivity contribution in [3.63, 3.8) is 0 Å². The summed E-state index contributed by atoms with van der Waals surface area (Å²) >= 11 is 0. The SMILES string of the molecule is COCCNS(=O)(=O)c1ccc(NC(=O)CCC(=O)c2ccc(C)c(C)c2)cc1. The molecule has 0 saturated heterocycles. The Morgan fingerprint density at radius 1 is 0.966 bits per heavy atom. The smallest absolute Gasteiger partial charge is 0.240 e. The molecule has 0 bridgehead atoms. The van der Waals surface area contributed by atoms with Crippen LogP contribution in [-0.2, 0) is 19.6 Å². The molecule has 29 heavy (non-hydrogen) atoms. The van der Waals surface area contributed by atoms with E-state index in [9.17, 15) is 18.0 Å². The van der Waals surface area contributed by atoms with Gasteiger partial charge < -0.3 is 10.1 Å². The number of ether oxygens (including phenoxy) is 1. The summed E-state index contributed by atoms with van der Waals surface area (Å²) in [6, 6.07) is 11.3. The number of carbonyl (C=O) groups is 2. The van der Waals surface area contributed by atoms with Gasteiger partial charge in [0.05, 0.1) is 11.5 Å². The number of amides is 1. The first-order valence-electron chi connectivity index (χ1n) is 9.22. The van der Waals surface area contributed by atoms with Gasteiger partial charge in [0.2, 0.25) is 15.9 Å². The van der Waals surface area contributed by atoms with Crippen molar-refractivity contribution in [2.24, 2.45) is 0 Å². The molecule has 0 saturated carbocycles. The highest BCUT2D eigenvalue weighted by Gasteiger charge is 2.14. The fraction of sp³-hybridized carbons (Fsp3) is 0.333. The number of methoxy groups -OCH3 is 1. The number of aryl methyl sites for hydroxylation is 2. The van der Waals surface area contributed by atoms with Crippen LogP contribution in [0.5, 0.6) is 0 Å². The largest absolute Gasteiger partial charge is 0.383 e. The van der Waals surface area contributed by atoms with Crippen molar-refractivity contribution in [2.75, 3.05) is 25.6 Å². The molecule has 0 heterocycles. The first kappa shape index (κ1) is 22.7. The van der Waals surface area contributed by atoms with Gasteiger partial charge in [0, 0.05) is 37.7 Å². The van der Waals surface area contributed by atoms with Crippen LogP contribution in [-0.4, -0.2) is 40.4 Å². The molecule has 2 aromatic rings. The lowest BCUT2D eigenvalue weighted by molar-refractivity contribution is -0.116. The van der Waals surface area contributed by atoms with E-state index in [-0.39, 0.29) is 42.6 Å². The number of benzene rings is 2. The zero-order valence-corrected chi connectivity index (χ0v) is 17.6. The number of hydrogen-bond donors (Lipinski definition) is 2. The topological polar surface area (TPSA) is 102 Å². The van der Waals surface area contributed by atoms with E-state index >= 15 is 0 Å². The number of rotatable bonds is 10. The molecule has 8 heteroatoms. The van der Waals surface area contributed by atoms with E-state index < -0.39 is 10.0 Å². The van der Waals surface area contributed by atoms with Crippen LogP contribution < -0.4 is 10.0 Å². The number of ketones is 1. The third kappa shape index (κ3) is 6.77. The summed E-state index contributed by atoms with van der Waals surface area (Å²) < 4.78 is 31.4. The van der Waals surface area contributed by atoms with E-state index in [2.05, 4.69) is 10.0 Å². The van der Waals surface area contributed by atoms with Gasteiger partial charge in [0.15, 0.2) is 5.78 Å². The molecule has 156 valence electrons. The predicted molar refractivity (Wildman–Crippen MR) is 112 cm³/mol. The third-order valence-electron chi connectivity index (χ3n) is 4.45. The van der Waals surface area contributed by atoms with E-state index in [1.165, 1.54) is 31.4 Å². The molecule has 0 fully saturated rings. The molecule has 0 aliphatic heterocycles. The van der Waals surface area contributed by atoms with Gasteiger partial charge in [-0.1, -0.05) is 12.1 Å². The summed E-state index contributed by atoms with van der Waals surface area (Å²) in [6.07, 6.45) is 0.147. The Hall–Kier alpha value is -2.55. The monoisotopic (exact) mass is 418 g/mol. The van der Waals surface area contributed by atoms with Crippen molar-refractivity contribution in [1.82, 2.24) is 4.72 Å². The lowest BCUT2D eigenvalue weighted by atomic mass is 10.0. The highest BCUT2D eigenvalue weighted by atomic mass is 32.2. The van der Waals surface area contributed by atoms with E-state index in [4.69, 9.17) is 4.74 Å². The van der Waals surface area contributed by atoms with Crippen LogP contribution in [0.1, 0.15) is 34.3 Å². The van der Waals surface area contributed by atoms with Gasteiger partial charge in [0.25, 0.3) is 0 Å². The van der Waals surface area contributed by atoms with Crippen LogP contribution in [0.15, 0.2) is 47.4 Å². The molecule has 2 aromatic carbocycles. The molecule has 2 N–H and O–H groups in total. The summed E-state index contributed by atoms with van der Waals surface area (Å²) in [6.45, 7) is 4.36. The van der Waals surface area contributed by atoms with Crippen molar-refractivity contribution in [3.8, 4) is 0 Å². The molecule has 0 atom stereocenters. The minimum Gasteiger partial charge on any atom is -0.383 e. The van der Waals surface area contributed by atoms with Gasteiger partial charge in [-0.2, -0.15) is 0 Å². The molecule has 0 unspecified atom stereocenters. The normalized spacial score (nSPS) is 11.3. The fourth-order valence-electron chi connectivity index (χ4n) is 2.59. The standard InChI is InChI=1S/C21H26N2O5S/c1-15-4-5-17(14-16(15)2)20(24)10-11-21(25)23-18-6-8-19(9-7-18)29(26,27)22-12-13-28-3/h4-9,14,22H,10-13H2,1-3H3,(H,23,25). The van der Waals surface area contributed by atoms with Crippen molar-refractivity contribution in [2.45, 2.75) is 31.6 Å². The van der Waals surface area contributed by atoms with Crippen LogP contribution in [0, 0.1) is 13.8 Å². The summed E-state index contributed by atoms with van der Waals surface area (Å²) in [5, 5.41) is 2.67. The minimum atomic E-state index is -3.62. The Kier molecular flexibility index (Phi) is 8.07. The Labute approximate surface area is 171 Å². The summed E-state index contributed by atoms with van der Waals surface area (Å²) in [4.78, 5) is 24.5. The molecule has 0 aromatic heterocycles. The van der Waals surface area contributed by atoms with Crippen molar-refractivity contribution in [1.29, 1.82) is 0 Å². The second-order valence-electron chi connectivity index (χ2n) is 6.69. The van der Waals surface area contributed by atoms with Crippen LogP contribution in [0.4, 0.5) is 5.69 Å². The lowest BCUT2D eigenvalue weighted by Gasteiger charge is -2.09. The zero-order valence-electron chi connectivity index (χ0n) is 16.8. The quantitative estimate of drug-likeness (QED) is 0.456. The fourth-order valence-corrected chi connectivity index (χ4v) is 3.60. The van der Waals surface area contributed by atoms with Crippen LogP contribution in [0.25, 0.3) is 0 Å². The van der Waals surface area contributed by atoms with Gasteiger partial charge in [-0.25, -0.2) is 13.1 Å². The van der Waals surface area contributed by atoms with Crippen molar-refractivity contribution in [3.05, 3.63) is 59.2 Å².